The molecule has 1 aliphatic rings. The van der Waals surface area contributed by atoms with Crippen LogP contribution in [0.15, 0.2) is 0 Å². The summed E-state index contributed by atoms with van der Waals surface area (Å²) >= 11 is 1.88. The van der Waals surface area contributed by atoms with Crippen molar-refractivity contribution in [1.29, 1.82) is 0 Å². The van der Waals surface area contributed by atoms with E-state index in [0.29, 0.717) is 11.3 Å². The lowest BCUT2D eigenvalue weighted by molar-refractivity contribution is -0.143. The third-order valence-electron chi connectivity index (χ3n) is 3.41. The Hall–Kier alpha value is -0.220. The molecule has 0 amide bonds. The molecular weight excluding hydrogens is 222 g/mol. The van der Waals surface area contributed by atoms with Gasteiger partial charge in [0.1, 0.15) is 0 Å². The summed E-state index contributed by atoms with van der Waals surface area (Å²) in [5.74, 6) is -0.742. The molecule has 3 unspecified atom stereocenters. The molecule has 0 spiro atoms. The molecule has 2 N–H and O–H groups in total. The smallest absolute Gasteiger partial charge is 0.306 e. The largest absolute Gasteiger partial charge is 0.481 e. The van der Waals surface area contributed by atoms with Crippen molar-refractivity contribution >= 4 is 17.7 Å². The fraction of sp³-hybridized carbons (Fsp3) is 0.917. The van der Waals surface area contributed by atoms with Crippen molar-refractivity contribution in [3.05, 3.63) is 0 Å². The molecule has 1 fully saturated rings. The summed E-state index contributed by atoms with van der Waals surface area (Å²) in [7, 11) is 0. The summed E-state index contributed by atoms with van der Waals surface area (Å²) in [6, 6.07) is 0.420. The average Bonchev–Trinajstić information content (AvgIpc) is 2.29. The minimum Gasteiger partial charge on any atom is -0.481 e. The summed E-state index contributed by atoms with van der Waals surface area (Å²) in [5, 5.41) is 13.2. The lowest BCUT2D eigenvalue weighted by Crippen LogP contribution is -2.37. The quantitative estimate of drug-likeness (QED) is 0.754. The Balaban J connectivity index is 2.19. The Bertz CT molecular complexity index is 223. The molecule has 3 nitrogen and oxygen atoms in total. The van der Waals surface area contributed by atoms with Gasteiger partial charge < -0.3 is 10.4 Å². The molecule has 0 aromatic heterocycles. The standard InChI is InChI=1S/C12H23NO2S/c1-9(16-2)6-7-13-11-5-3-4-10(8-11)12(14)15/h9-11,13H,3-8H2,1-2H3,(H,14,15). The van der Waals surface area contributed by atoms with E-state index in [9.17, 15) is 4.79 Å². The second-order valence-electron chi connectivity index (χ2n) is 4.69. The SMILES string of the molecule is CSC(C)CCNC1CCCC(C(=O)O)C1. The highest BCUT2D eigenvalue weighted by molar-refractivity contribution is 7.99. The highest BCUT2D eigenvalue weighted by atomic mass is 32.2. The Morgan fingerprint density at radius 2 is 2.31 bits per heavy atom. The van der Waals surface area contributed by atoms with Gasteiger partial charge in [-0.25, -0.2) is 0 Å². The van der Waals surface area contributed by atoms with Gasteiger partial charge in [-0.05, 0) is 38.5 Å². The first-order chi connectivity index (χ1) is 7.63. The maximum absolute atomic E-state index is 10.9. The van der Waals surface area contributed by atoms with Crippen molar-refractivity contribution in [3.63, 3.8) is 0 Å². The molecule has 4 heteroatoms. The molecule has 3 atom stereocenters. The number of nitrogens with one attached hydrogen (secondary N) is 1. The van der Waals surface area contributed by atoms with E-state index in [1.807, 2.05) is 11.8 Å². The monoisotopic (exact) mass is 245 g/mol. The van der Waals surface area contributed by atoms with Gasteiger partial charge in [0.15, 0.2) is 0 Å². The molecular formula is C12H23NO2S. The first-order valence-corrected chi connectivity index (χ1v) is 7.41. The zero-order valence-electron chi connectivity index (χ0n) is 10.2. The predicted molar refractivity (Wildman–Crippen MR) is 69.0 cm³/mol. The van der Waals surface area contributed by atoms with Gasteiger partial charge in [0.05, 0.1) is 5.92 Å². The van der Waals surface area contributed by atoms with Crippen LogP contribution in [0.2, 0.25) is 0 Å². The van der Waals surface area contributed by atoms with Crippen LogP contribution in [0.3, 0.4) is 0 Å². The first kappa shape index (κ1) is 13.8. The van der Waals surface area contributed by atoms with Gasteiger partial charge in [0.25, 0.3) is 0 Å². The van der Waals surface area contributed by atoms with E-state index in [1.165, 1.54) is 0 Å². The van der Waals surface area contributed by atoms with E-state index in [-0.39, 0.29) is 5.92 Å². The van der Waals surface area contributed by atoms with Gasteiger partial charge in [0, 0.05) is 11.3 Å². The van der Waals surface area contributed by atoms with Crippen molar-refractivity contribution in [3.8, 4) is 0 Å². The van der Waals surface area contributed by atoms with E-state index in [4.69, 9.17) is 5.11 Å². The van der Waals surface area contributed by atoms with Crippen molar-refractivity contribution < 1.29 is 9.90 Å². The number of aliphatic carboxylic acids is 1. The molecule has 0 heterocycles. The lowest BCUT2D eigenvalue weighted by atomic mass is 9.86. The average molecular weight is 245 g/mol. The molecule has 0 aromatic carbocycles. The van der Waals surface area contributed by atoms with E-state index in [0.717, 1.165) is 38.6 Å². The maximum Gasteiger partial charge on any atom is 0.306 e. The molecule has 0 aromatic rings. The van der Waals surface area contributed by atoms with Crippen LogP contribution < -0.4 is 5.32 Å². The highest BCUT2D eigenvalue weighted by Gasteiger charge is 2.26. The zero-order valence-corrected chi connectivity index (χ0v) is 11.1. The van der Waals surface area contributed by atoms with Crippen LogP contribution in [0.5, 0.6) is 0 Å². The molecule has 1 rings (SSSR count). The summed E-state index contributed by atoms with van der Waals surface area (Å²) in [4.78, 5) is 10.9. The van der Waals surface area contributed by atoms with E-state index in [2.05, 4.69) is 18.5 Å². The van der Waals surface area contributed by atoms with Crippen molar-refractivity contribution in [2.45, 2.75) is 50.3 Å². The number of rotatable bonds is 6. The van der Waals surface area contributed by atoms with Crippen LogP contribution in [0.1, 0.15) is 39.0 Å². The molecule has 16 heavy (non-hydrogen) atoms. The minimum atomic E-state index is -0.621. The molecule has 94 valence electrons. The van der Waals surface area contributed by atoms with Crippen LogP contribution in [-0.4, -0.2) is 35.2 Å². The van der Waals surface area contributed by atoms with Crippen LogP contribution in [0.25, 0.3) is 0 Å². The Kier molecular flexibility index (Phi) is 6.21. The van der Waals surface area contributed by atoms with E-state index >= 15 is 0 Å². The number of carbonyl (C=O) groups is 1. The van der Waals surface area contributed by atoms with Gasteiger partial charge in [-0.3, -0.25) is 4.79 Å². The van der Waals surface area contributed by atoms with E-state index < -0.39 is 5.97 Å². The Morgan fingerprint density at radius 1 is 1.56 bits per heavy atom. The molecule has 0 bridgehead atoms. The van der Waals surface area contributed by atoms with Crippen molar-refractivity contribution in [2.75, 3.05) is 12.8 Å². The van der Waals surface area contributed by atoms with Crippen LogP contribution in [0, 0.1) is 5.92 Å². The zero-order chi connectivity index (χ0) is 12.0. The summed E-state index contributed by atoms with van der Waals surface area (Å²) < 4.78 is 0. The molecule has 0 saturated heterocycles. The minimum absolute atomic E-state index is 0.121. The molecule has 0 aliphatic heterocycles. The fourth-order valence-electron chi connectivity index (χ4n) is 2.21. The summed E-state index contributed by atoms with van der Waals surface area (Å²) in [6.45, 7) is 3.24. The van der Waals surface area contributed by atoms with Gasteiger partial charge in [-0.1, -0.05) is 13.3 Å². The van der Waals surface area contributed by atoms with Gasteiger partial charge in [0.2, 0.25) is 0 Å². The second-order valence-corrected chi connectivity index (χ2v) is 5.96. The maximum atomic E-state index is 10.9. The topological polar surface area (TPSA) is 49.3 Å². The van der Waals surface area contributed by atoms with Crippen LogP contribution in [-0.2, 0) is 4.79 Å². The third-order valence-corrected chi connectivity index (χ3v) is 4.45. The molecule has 1 saturated carbocycles. The number of hydrogen-bond acceptors (Lipinski definition) is 3. The predicted octanol–water partition coefficient (Wildman–Crippen LogP) is 2.36. The second kappa shape index (κ2) is 7.17. The number of hydrogen-bond donors (Lipinski definition) is 2. The Labute approximate surface area is 102 Å². The highest BCUT2D eigenvalue weighted by Crippen LogP contribution is 2.24. The van der Waals surface area contributed by atoms with Crippen molar-refractivity contribution in [2.24, 2.45) is 5.92 Å². The number of carboxylic acid groups (broad SMARTS) is 1. The normalized spacial score (nSPS) is 27.6. The van der Waals surface area contributed by atoms with Gasteiger partial charge in [-0.2, -0.15) is 11.8 Å². The molecule has 0 radical (unpaired) electrons. The Morgan fingerprint density at radius 3 is 2.94 bits per heavy atom. The molecule has 1 aliphatic carbocycles. The fourth-order valence-corrected chi connectivity index (χ4v) is 2.56. The number of thioether (sulfide) groups is 1. The van der Waals surface area contributed by atoms with Gasteiger partial charge >= 0.3 is 5.97 Å². The van der Waals surface area contributed by atoms with Crippen molar-refractivity contribution in [1.82, 2.24) is 5.32 Å². The third kappa shape index (κ3) is 4.74. The first-order valence-electron chi connectivity index (χ1n) is 6.12. The van der Waals surface area contributed by atoms with Gasteiger partial charge in [-0.15, -0.1) is 0 Å². The number of carboxylic acids is 1. The summed E-state index contributed by atoms with van der Waals surface area (Å²) in [5.41, 5.74) is 0. The lowest BCUT2D eigenvalue weighted by Gasteiger charge is -2.27. The van der Waals surface area contributed by atoms with Crippen LogP contribution in [0.4, 0.5) is 0 Å². The van der Waals surface area contributed by atoms with E-state index in [1.54, 1.807) is 0 Å². The van der Waals surface area contributed by atoms with Crippen LogP contribution >= 0.6 is 11.8 Å². The summed E-state index contributed by atoms with van der Waals surface area (Å²) in [6.07, 6.45) is 7.14.